The zero-order chi connectivity index (χ0) is 19.6. The molecule has 0 aliphatic heterocycles. The lowest BCUT2D eigenvalue weighted by Crippen LogP contribution is -2.18. The summed E-state index contributed by atoms with van der Waals surface area (Å²) < 4.78 is 26.5. The van der Waals surface area contributed by atoms with Crippen LogP contribution in [0.5, 0.6) is 0 Å². The molecular weight excluding hydrogens is 364 g/mol. The molecule has 0 atom stereocenters. The van der Waals surface area contributed by atoms with E-state index in [0.717, 1.165) is 22.0 Å². The lowest BCUT2D eigenvalue weighted by molar-refractivity contribution is -0.118. The van der Waals surface area contributed by atoms with Crippen LogP contribution in [0, 0.1) is 13.8 Å². The van der Waals surface area contributed by atoms with Crippen molar-refractivity contribution in [2.45, 2.75) is 25.3 Å². The molecule has 0 radical (unpaired) electrons. The average Bonchev–Trinajstić information content (AvgIpc) is 2.94. The van der Waals surface area contributed by atoms with Gasteiger partial charge in [0.1, 0.15) is 6.54 Å². The molecule has 0 aliphatic carbocycles. The standard InChI is InChI=1S/C19H20N4O3S/c1-13-7-8-16(9-14(13)2)27(25,26)22-21-10-15-11-23(12-19(20)24)18-6-4-3-5-17(15)18/h3-11,22H,12H2,1-2H3,(H2,20,24). The van der Waals surface area contributed by atoms with E-state index in [1.54, 1.807) is 29.0 Å². The number of amides is 1. The third-order valence-corrected chi connectivity index (χ3v) is 5.53. The number of rotatable bonds is 6. The average molecular weight is 384 g/mol. The molecule has 140 valence electrons. The van der Waals surface area contributed by atoms with Gasteiger partial charge in [0.15, 0.2) is 0 Å². The Labute approximate surface area is 157 Å². The number of sulfonamides is 1. The van der Waals surface area contributed by atoms with Crippen LogP contribution in [-0.2, 0) is 21.4 Å². The van der Waals surface area contributed by atoms with Crippen molar-refractivity contribution in [2.24, 2.45) is 10.8 Å². The zero-order valence-corrected chi connectivity index (χ0v) is 15.8. The number of carbonyl (C=O) groups is 1. The van der Waals surface area contributed by atoms with Gasteiger partial charge in [-0.05, 0) is 43.2 Å². The van der Waals surface area contributed by atoms with Crippen molar-refractivity contribution in [3.8, 4) is 0 Å². The Hall–Kier alpha value is -3.13. The van der Waals surface area contributed by atoms with Gasteiger partial charge in [0.2, 0.25) is 5.91 Å². The Kier molecular flexibility index (Phi) is 5.00. The van der Waals surface area contributed by atoms with Crippen LogP contribution < -0.4 is 10.6 Å². The highest BCUT2D eigenvalue weighted by atomic mass is 32.2. The van der Waals surface area contributed by atoms with E-state index in [4.69, 9.17) is 5.73 Å². The molecule has 0 fully saturated rings. The number of benzene rings is 2. The monoisotopic (exact) mass is 384 g/mol. The maximum Gasteiger partial charge on any atom is 0.276 e. The number of hydrogen-bond acceptors (Lipinski definition) is 4. The second-order valence-electron chi connectivity index (χ2n) is 6.29. The highest BCUT2D eigenvalue weighted by Gasteiger charge is 2.14. The Morgan fingerprint density at radius 2 is 1.93 bits per heavy atom. The first-order valence-corrected chi connectivity index (χ1v) is 9.74. The maximum absolute atomic E-state index is 12.4. The van der Waals surface area contributed by atoms with Crippen molar-refractivity contribution in [1.82, 2.24) is 9.40 Å². The number of aryl methyl sites for hydroxylation is 2. The molecule has 0 bridgehead atoms. The number of carbonyl (C=O) groups excluding carboxylic acids is 1. The van der Waals surface area contributed by atoms with Crippen LogP contribution in [0.4, 0.5) is 0 Å². The fraction of sp³-hybridized carbons (Fsp3) is 0.158. The molecule has 3 rings (SSSR count). The highest BCUT2D eigenvalue weighted by molar-refractivity contribution is 7.89. The number of primary amides is 1. The van der Waals surface area contributed by atoms with Gasteiger partial charge < -0.3 is 10.3 Å². The summed E-state index contributed by atoms with van der Waals surface area (Å²) in [6, 6.07) is 12.3. The van der Waals surface area contributed by atoms with E-state index in [2.05, 4.69) is 9.93 Å². The number of fused-ring (bicyclic) bond motifs is 1. The molecule has 3 aromatic rings. The molecule has 7 nitrogen and oxygen atoms in total. The van der Waals surface area contributed by atoms with E-state index >= 15 is 0 Å². The van der Waals surface area contributed by atoms with Crippen LogP contribution in [0.3, 0.4) is 0 Å². The minimum Gasteiger partial charge on any atom is -0.368 e. The van der Waals surface area contributed by atoms with E-state index < -0.39 is 15.9 Å². The first-order chi connectivity index (χ1) is 12.8. The van der Waals surface area contributed by atoms with Gasteiger partial charge in [0.05, 0.1) is 11.1 Å². The van der Waals surface area contributed by atoms with Crippen molar-refractivity contribution in [1.29, 1.82) is 0 Å². The van der Waals surface area contributed by atoms with Crippen LogP contribution in [0.25, 0.3) is 10.9 Å². The van der Waals surface area contributed by atoms with Crippen LogP contribution in [0.15, 0.2) is 58.7 Å². The first kappa shape index (κ1) is 18.7. The third kappa shape index (κ3) is 4.01. The van der Waals surface area contributed by atoms with Crippen LogP contribution in [0.1, 0.15) is 16.7 Å². The van der Waals surface area contributed by atoms with E-state index in [9.17, 15) is 13.2 Å². The van der Waals surface area contributed by atoms with Crippen molar-refractivity contribution >= 4 is 33.0 Å². The van der Waals surface area contributed by atoms with Gasteiger partial charge in [-0.1, -0.05) is 24.3 Å². The molecular formula is C19H20N4O3S. The Balaban J connectivity index is 1.88. The molecule has 0 saturated heterocycles. The minimum atomic E-state index is -3.76. The molecule has 2 aromatic carbocycles. The summed E-state index contributed by atoms with van der Waals surface area (Å²) >= 11 is 0. The Morgan fingerprint density at radius 3 is 2.63 bits per heavy atom. The molecule has 1 heterocycles. The van der Waals surface area contributed by atoms with Gasteiger partial charge in [-0.2, -0.15) is 13.5 Å². The van der Waals surface area contributed by atoms with Gasteiger partial charge in [0.25, 0.3) is 10.0 Å². The van der Waals surface area contributed by atoms with Crippen LogP contribution >= 0.6 is 0 Å². The van der Waals surface area contributed by atoms with Crippen molar-refractivity contribution in [2.75, 3.05) is 0 Å². The molecule has 3 N–H and O–H groups in total. The summed E-state index contributed by atoms with van der Waals surface area (Å²) in [4.78, 5) is 13.6. The van der Waals surface area contributed by atoms with Gasteiger partial charge in [-0.15, -0.1) is 0 Å². The van der Waals surface area contributed by atoms with Gasteiger partial charge >= 0.3 is 0 Å². The fourth-order valence-electron chi connectivity index (χ4n) is 2.78. The largest absolute Gasteiger partial charge is 0.368 e. The summed E-state index contributed by atoms with van der Waals surface area (Å²) in [7, 11) is -3.76. The Bertz CT molecular complexity index is 1150. The van der Waals surface area contributed by atoms with E-state index in [0.29, 0.717) is 5.56 Å². The molecule has 1 amide bonds. The number of nitrogens with two attached hydrogens (primary N) is 1. The molecule has 0 aliphatic rings. The number of nitrogens with one attached hydrogen (secondary N) is 1. The van der Waals surface area contributed by atoms with Crippen molar-refractivity contribution < 1.29 is 13.2 Å². The summed E-state index contributed by atoms with van der Waals surface area (Å²) in [5, 5.41) is 4.73. The smallest absolute Gasteiger partial charge is 0.276 e. The van der Waals surface area contributed by atoms with Crippen molar-refractivity contribution in [3.63, 3.8) is 0 Å². The summed E-state index contributed by atoms with van der Waals surface area (Å²) in [5.41, 5.74) is 8.67. The topological polar surface area (TPSA) is 107 Å². The molecule has 0 saturated carbocycles. The molecule has 0 spiro atoms. The minimum absolute atomic E-state index is 0.0305. The third-order valence-electron chi connectivity index (χ3n) is 4.31. The summed E-state index contributed by atoms with van der Waals surface area (Å²) in [6.07, 6.45) is 3.13. The highest BCUT2D eigenvalue weighted by Crippen LogP contribution is 2.20. The van der Waals surface area contributed by atoms with Gasteiger partial charge in [-0.3, -0.25) is 4.79 Å². The maximum atomic E-state index is 12.4. The number of hydrazone groups is 1. The van der Waals surface area contributed by atoms with Gasteiger partial charge in [-0.25, -0.2) is 4.83 Å². The SMILES string of the molecule is Cc1ccc(S(=O)(=O)NN=Cc2cn(CC(N)=O)c3ccccc23)cc1C. The molecule has 0 unspecified atom stereocenters. The fourth-order valence-corrected chi connectivity index (χ4v) is 3.65. The van der Waals surface area contributed by atoms with Crippen LogP contribution in [0.2, 0.25) is 0 Å². The Morgan fingerprint density at radius 1 is 1.19 bits per heavy atom. The lowest BCUT2D eigenvalue weighted by Gasteiger charge is -2.06. The van der Waals surface area contributed by atoms with Gasteiger partial charge in [0, 0.05) is 22.7 Å². The molecule has 27 heavy (non-hydrogen) atoms. The lowest BCUT2D eigenvalue weighted by atomic mass is 10.1. The predicted octanol–water partition coefficient (Wildman–Crippen LogP) is 2.06. The van der Waals surface area contributed by atoms with E-state index in [-0.39, 0.29) is 11.4 Å². The number of hydrogen-bond donors (Lipinski definition) is 2. The number of para-hydroxylation sites is 1. The quantitative estimate of drug-likeness (QED) is 0.502. The predicted molar refractivity (Wildman–Crippen MR) is 105 cm³/mol. The first-order valence-electron chi connectivity index (χ1n) is 8.26. The zero-order valence-electron chi connectivity index (χ0n) is 15.0. The van der Waals surface area contributed by atoms with E-state index in [1.807, 2.05) is 38.1 Å². The van der Waals surface area contributed by atoms with Crippen molar-refractivity contribution in [3.05, 3.63) is 65.4 Å². The summed E-state index contributed by atoms with van der Waals surface area (Å²) in [6.45, 7) is 3.80. The molecule has 1 aromatic heterocycles. The summed E-state index contributed by atoms with van der Waals surface area (Å²) in [5.74, 6) is -0.463. The second-order valence-corrected chi connectivity index (χ2v) is 7.96. The second kappa shape index (κ2) is 7.24. The van der Waals surface area contributed by atoms with E-state index in [1.165, 1.54) is 6.21 Å². The molecule has 8 heteroatoms. The van der Waals surface area contributed by atoms with Crippen LogP contribution in [-0.4, -0.2) is 25.1 Å². The normalized spacial score (nSPS) is 11.9. The number of nitrogens with zero attached hydrogens (tertiary/aromatic N) is 2. The number of aromatic nitrogens is 1.